The van der Waals surface area contributed by atoms with Crippen molar-refractivity contribution < 1.29 is 20.1 Å². The summed E-state index contributed by atoms with van der Waals surface area (Å²) < 4.78 is 0. The molecule has 142 valence electrons. The first kappa shape index (κ1) is 18.2. The molecule has 0 aliphatic heterocycles. The quantitative estimate of drug-likeness (QED) is 0.745. The number of aliphatic hydroxyl groups is 1. The number of hydrogen-bond acceptors (Lipinski definition) is 4. The Kier molecular flexibility index (Phi) is 4.72. The van der Waals surface area contributed by atoms with E-state index in [0.717, 1.165) is 32.1 Å². The molecule has 4 nitrogen and oxygen atoms in total. The van der Waals surface area contributed by atoms with E-state index in [1.54, 1.807) is 17.8 Å². The topological polar surface area (TPSA) is 77.8 Å². The fraction of sp³-hybridized carbons (Fsp3) is 0.667. The van der Waals surface area contributed by atoms with E-state index in [-0.39, 0.29) is 17.9 Å². The summed E-state index contributed by atoms with van der Waals surface area (Å²) in [6.07, 6.45) is 4.95. The molecule has 0 bridgehead atoms. The second kappa shape index (κ2) is 6.75. The van der Waals surface area contributed by atoms with Crippen LogP contribution in [0.25, 0.3) is 0 Å². The number of hydrogen-bond donors (Lipinski definition) is 3. The number of carbonyl (C=O) groups is 1. The standard InChI is InChI=1S/C21H28O4S/c1-21-8-6-15-14-3-2-13(22)10-12(14)11-17(26-9-7-19(24)25)20(15)16(21)4-5-18(21)23/h2-3,10,15-18,20,22-23H,4-9,11H2,1H3,(H,24,25). The van der Waals surface area contributed by atoms with Crippen LogP contribution < -0.4 is 0 Å². The van der Waals surface area contributed by atoms with Gasteiger partial charge in [-0.3, -0.25) is 4.79 Å². The van der Waals surface area contributed by atoms with Crippen molar-refractivity contribution in [3.8, 4) is 5.75 Å². The van der Waals surface area contributed by atoms with Crippen molar-refractivity contribution in [2.24, 2.45) is 17.3 Å². The predicted octanol–water partition coefficient (Wildman–Crippen LogP) is 3.80. The Hall–Kier alpha value is -1.20. The van der Waals surface area contributed by atoms with E-state index in [9.17, 15) is 15.0 Å². The van der Waals surface area contributed by atoms with Gasteiger partial charge in [-0.15, -0.1) is 0 Å². The average molecular weight is 377 g/mol. The summed E-state index contributed by atoms with van der Waals surface area (Å²) in [5.41, 5.74) is 2.59. The van der Waals surface area contributed by atoms with Gasteiger partial charge in [-0.1, -0.05) is 13.0 Å². The second-order valence-corrected chi connectivity index (χ2v) is 9.92. The Morgan fingerprint density at radius 2 is 2.12 bits per heavy atom. The first-order chi connectivity index (χ1) is 12.4. The van der Waals surface area contributed by atoms with Crippen LogP contribution in [0.3, 0.4) is 0 Å². The minimum atomic E-state index is -0.743. The molecular formula is C21H28O4S. The van der Waals surface area contributed by atoms with Crippen molar-refractivity contribution in [1.82, 2.24) is 0 Å². The number of carboxylic acid groups (broad SMARTS) is 1. The van der Waals surface area contributed by atoms with Crippen LogP contribution in [-0.2, 0) is 11.2 Å². The highest BCUT2D eigenvalue weighted by atomic mass is 32.2. The molecule has 6 atom stereocenters. The first-order valence-corrected chi connectivity index (χ1v) is 10.8. The van der Waals surface area contributed by atoms with Crippen LogP contribution in [0.5, 0.6) is 5.75 Å². The summed E-state index contributed by atoms with van der Waals surface area (Å²) in [6.45, 7) is 2.26. The van der Waals surface area contributed by atoms with Gasteiger partial charge in [0.1, 0.15) is 5.75 Å². The smallest absolute Gasteiger partial charge is 0.304 e. The SMILES string of the molecule is CC12CCC3c4ccc(O)cc4CC(SCCC(=O)O)C3C1CCC2O. The molecule has 0 heterocycles. The van der Waals surface area contributed by atoms with E-state index >= 15 is 0 Å². The normalized spacial score (nSPS) is 38.3. The number of rotatable bonds is 4. The maximum Gasteiger partial charge on any atom is 0.304 e. The summed E-state index contributed by atoms with van der Waals surface area (Å²) in [5.74, 6) is 1.65. The summed E-state index contributed by atoms with van der Waals surface area (Å²) >= 11 is 1.79. The maximum absolute atomic E-state index is 11.0. The van der Waals surface area contributed by atoms with Gasteiger partial charge in [0.25, 0.3) is 0 Å². The Morgan fingerprint density at radius 1 is 1.31 bits per heavy atom. The zero-order valence-corrected chi connectivity index (χ0v) is 16.0. The van der Waals surface area contributed by atoms with Gasteiger partial charge in [-0.05, 0) is 78.5 Å². The molecule has 4 rings (SSSR count). The van der Waals surface area contributed by atoms with E-state index in [2.05, 4.69) is 13.0 Å². The number of benzene rings is 1. The highest BCUT2D eigenvalue weighted by Crippen LogP contribution is 2.62. The molecule has 5 heteroatoms. The third kappa shape index (κ3) is 2.93. The molecule has 1 aromatic rings. The lowest BCUT2D eigenvalue weighted by Gasteiger charge is -2.52. The maximum atomic E-state index is 11.0. The molecule has 0 aromatic heterocycles. The van der Waals surface area contributed by atoms with Gasteiger partial charge in [-0.25, -0.2) is 0 Å². The molecule has 3 aliphatic carbocycles. The minimum absolute atomic E-state index is 0.00119. The number of thioether (sulfide) groups is 1. The second-order valence-electron chi connectivity index (χ2n) is 8.57. The fourth-order valence-corrected chi connectivity index (χ4v) is 7.49. The lowest BCUT2D eigenvalue weighted by molar-refractivity contribution is -0.136. The Labute approximate surface area is 159 Å². The third-order valence-electron chi connectivity index (χ3n) is 7.31. The van der Waals surface area contributed by atoms with Crippen molar-refractivity contribution in [1.29, 1.82) is 0 Å². The largest absolute Gasteiger partial charge is 0.508 e. The van der Waals surface area contributed by atoms with Gasteiger partial charge in [0.2, 0.25) is 0 Å². The van der Waals surface area contributed by atoms with Crippen LogP contribution in [0.2, 0.25) is 0 Å². The van der Waals surface area contributed by atoms with Gasteiger partial charge >= 0.3 is 5.97 Å². The number of aliphatic hydroxyl groups excluding tert-OH is 1. The van der Waals surface area contributed by atoms with E-state index in [0.29, 0.717) is 34.5 Å². The summed E-state index contributed by atoms with van der Waals surface area (Å²) in [4.78, 5) is 11.0. The Bertz CT molecular complexity index is 705. The van der Waals surface area contributed by atoms with Gasteiger partial charge < -0.3 is 15.3 Å². The molecule has 0 saturated heterocycles. The summed E-state index contributed by atoms with van der Waals surface area (Å²) in [7, 11) is 0. The Balaban J connectivity index is 1.67. The van der Waals surface area contributed by atoms with E-state index in [4.69, 9.17) is 5.11 Å². The molecular weight excluding hydrogens is 348 g/mol. The van der Waals surface area contributed by atoms with Crippen LogP contribution in [-0.4, -0.2) is 38.4 Å². The van der Waals surface area contributed by atoms with E-state index < -0.39 is 5.97 Å². The van der Waals surface area contributed by atoms with Gasteiger partial charge in [-0.2, -0.15) is 11.8 Å². The van der Waals surface area contributed by atoms with E-state index in [1.807, 2.05) is 6.07 Å². The van der Waals surface area contributed by atoms with Crippen LogP contribution in [0.4, 0.5) is 0 Å². The number of aromatic hydroxyl groups is 1. The molecule has 1 aromatic carbocycles. The number of carboxylic acids is 1. The highest BCUT2D eigenvalue weighted by Gasteiger charge is 2.56. The van der Waals surface area contributed by atoms with Gasteiger partial charge in [0, 0.05) is 11.0 Å². The fourth-order valence-electron chi connectivity index (χ4n) is 6.00. The first-order valence-electron chi connectivity index (χ1n) is 9.73. The van der Waals surface area contributed by atoms with Gasteiger partial charge in [0.15, 0.2) is 0 Å². The molecule has 6 unspecified atom stereocenters. The van der Waals surface area contributed by atoms with Crippen LogP contribution in [0.15, 0.2) is 18.2 Å². The molecule has 2 saturated carbocycles. The minimum Gasteiger partial charge on any atom is -0.508 e. The number of phenols is 1. The number of phenolic OH excluding ortho intramolecular Hbond substituents is 1. The third-order valence-corrected chi connectivity index (χ3v) is 8.66. The molecule has 26 heavy (non-hydrogen) atoms. The highest BCUT2D eigenvalue weighted by molar-refractivity contribution is 7.99. The van der Waals surface area contributed by atoms with Crippen LogP contribution in [0, 0.1) is 17.3 Å². The van der Waals surface area contributed by atoms with Crippen LogP contribution in [0.1, 0.15) is 56.1 Å². The van der Waals surface area contributed by atoms with Crippen molar-refractivity contribution in [2.45, 2.75) is 62.7 Å². The summed E-state index contributed by atoms with van der Waals surface area (Å²) in [6, 6.07) is 5.78. The van der Waals surface area contributed by atoms with E-state index in [1.165, 1.54) is 11.1 Å². The zero-order valence-electron chi connectivity index (χ0n) is 15.2. The molecule has 3 aliphatic rings. The molecule has 3 N–H and O–H groups in total. The summed E-state index contributed by atoms with van der Waals surface area (Å²) in [5, 5.41) is 29.9. The molecule has 2 fully saturated rings. The van der Waals surface area contributed by atoms with Crippen molar-refractivity contribution in [2.75, 3.05) is 5.75 Å². The molecule has 0 spiro atoms. The number of fused-ring (bicyclic) bond motifs is 5. The zero-order chi connectivity index (χ0) is 18.5. The van der Waals surface area contributed by atoms with Gasteiger partial charge in [0.05, 0.1) is 12.5 Å². The number of aliphatic carboxylic acids is 1. The van der Waals surface area contributed by atoms with Crippen molar-refractivity contribution in [3.63, 3.8) is 0 Å². The van der Waals surface area contributed by atoms with Crippen molar-refractivity contribution >= 4 is 17.7 Å². The Morgan fingerprint density at radius 3 is 2.88 bits per heavy atom. The van der Waals surface area contributed by atoms with Crippen LogP contribution >= 0.6 is 11.8 Å². The molecule has 0 radical (unpaired) electrons. The van der Waals surface area contributed by atoms with Crippen molar-refractivity contribution in [3.05, 3.63) is 29.3 Å². The lowest BCUT2D eigenvalue weighted by atomic mass is 9.55. The molecule has 0 amide bonds. The average Bonchev–Trinajstić information content (AvgIpc) is 2.89. The monoisotopic (exact) mass is 376 g/mol. The lowest BCUT2D eigenvalue weighted by Crippen LogP contribution is -2.48. The predicted molar refractivity (Wildman–Crippen MR) is 103 cm³/mol.